The van der Waals surface area contributed by atoms with E-state index in [0.29, 0.717) is 24.3 Å². The standard InChI is InChI=1S/C24H36N2O4/c1-4-25(15-17-8-10-19(28-2)11-9-17)22-6-5-7-23(22)30-20-12-13-21-18(14-20)16-26(29-3)24(21)27/h12-14,17,19,22-23H,4-11,15-16H2,1-3H3/t17-,19-,22-,23-/m0/s1. The Balaban J connectivity index is 1.38. The number of nitrogens with zero attached hydrogens (tertiary/aromatic N) is 2. The van der Waals surface area contributed by atoms with E-state index in [9.17, 15) is 4.79 Å². The van der Waals surface area contributed by atoms with Crippen LogP contribution in [0.25, 0.3) is 0 Å². The fourth-order valence-electron chi connectivity index (χ4n) is 5.51. The Hall–Kier alpha value is -1.63. The van der Waals surface area contributed by atoms with Crippen molar-refractivity contribution in [3.63, 3.8) is 0 Å². The van der Waals surface area contributed by atoms with Gasteiger partial charge in [0.1, 0.15) is 11.9 Å². The Bertz CT molecular complexity index is 732. The summed E-state index contributed by atoms with van der Waals surface area (Å²) in [4.78, 5) is 20.0. The number of fused-ring (bicyclic) bond motifs is 1. The highest BCUT2D eigenvalue weighted by atomic mass is 16.7. The molecule has 0 radical (unpaired) electrons. The van der Waals surface area contributed by atoms with Crippen LogP contribution < -0.4 is 4.74 Å². The summed E-state index contributed by atoms with van der Waals surface area (Å²) in [5, 5.41) is 1.39. The molecule has 166 valence electrons. The van der Waals surface area contributed by atoms with Gasteiger partial charge < -0.3 is 9.47 Å². The number of methoxy groups -OCH3 is 1. The highest BCUT2D eigenvalue weighted by Crippen LogP contribution is 2.33. The molecule has 0 unspecified atom stereocenters. The second-order valence-electron chi connectivity index (χ2n) is 8.96. The molecule has 0 aromatic heterocycles. The van der Waals surface area contributed by atoms with Gasteiger partial charge in [-0.05, 0) is 81.2 Å². The molecule has 6 nitrogen and oxygen atoms in total. The third-order valence-corrected chi connectivity index (χ3v) is 7.27. The number of hydrogen-bond acceptors (Lipinski definition) is 5. The fraction of sp³-hybridized carbons (Fsp3) is 0.708. The van der Waals surface area contributed by atoms with Gasteiger partial charge in [0.2, 0.25) is 0 Å². The Morgan fingerprint density at radius 3 is 2.60 bits per heavy atom. The number of ether oxygens (including phenoxy) is 2. The predicted octanol–water partition coefficient (Wildman–Crippen LogP) is 4.03. The molecule has 0 bridgehead atoms. The quantitative estimate of drug-likeness (QED) is 0.640. The van der Waals surface area contributed by atoms with Gasteiger partial charge in [0.15, 0.2) is 0 Å². The number of rotatable bonds is 8. The van der Waals surface area contributed by atoms with Crippen LogP contribution in [0.15, 0.2) is 18.2 Å². The summed E-state index contributed by atoms with van der Waals surface area (Å²) in [6.07, 6.45) is 9.09. The number of hydrogen-bond donors (Lipinski definition) is 0. The Morgan fingerprint density at radius 2 is 1.90 bits per heavy atom. The first-order valence-electron chi connectivity index (χ1n) is 11.5. The van der Waals surface area contributed by atoms with Crippen molar-refractivity contribution >= 4 is 5.91 Å². The van der Waals surface area contributed by atoms with Crippen LogP contribution in [-0.2, 0) is 16.1 Å². The molecule has 6 heteroatoms. The maximum absolute atomic E-state index is 12.2. The van der Waals surface area contributed by atoms with E-state index in [1.165, 1.54) is 57.2 Å². The van der Waals surface area contributed by atoms with Crippen LogP contribution in [0.3, 0.4) is 0 Å². The molecule has 2 atom stereocenters. The molecule has 0 spiro atoms. The highest BCUT2D eigenvalue weighted by molar-refractivity contribution is 5.97. The molecule has 1 amide bonds. The topological polar surface area (TPSA) is 51.2 Å². The van der Waals surface area contributed by atoms with Gasteiger partial charge in [-0.2, -0.15) is 0 Å². The predicted molar refractivity (Wildman–Crippen MR) is 115 cm³/mol. The van der Waals surface area contributed by atoms with E-state index in [1.807, 2.05) is 25.3 Å². The van der Waals surface area contributed by atoms with E-state index in [1.54, 1.807) is 0 Å². The average molecular weight is 417 g/mol. The van der Waals surface area contributed by atoms with Gasteiger partial charge in [0.05, 0.1) is 19.8 Å². The van der Waals surface area contributed by atoms with Gasteiger partial charge in [-0.1, -0.05) is 6.92 Å². The van der Waals surface area contributed by atoms with Crippen LogP contribution in [0.5, 0.6) is 5.75 Å². The van der Waals surface area contributed by atoms with Crippen molar-refractivity contribution in [1.29, 1.82) is 0 Å². The van der Waals surface area contributed by atoms with E-state index in [-0.39, 0.29) is 12.0 Å². The van der Waals surface area contributed by atoms with E-state index >= 15 is 0 Å². The Kier molecular flexibility index (Phi) is 6.96. The first-order chi connectivity index (χ1) is 14.6. The molecule has 1 aromatic carbocycles. The summed E-state index contributed by atoms with van der Waals surface area (Å²) >= 11 is 0. The van der Waals surface area contributed by atoms with Gasteiger partial charge in [-0.3, -0.25) is 14.5 Å². The van der Waals surface area contributed by atoms with Gasteiger partial charge in [-0.25, -0.2) is 5.06 Å². The number of amides is 1. The van der Waals surface area contributed by atoms with E-state index in [4.69, 9.17) is 14.3 Å². The normalized spacial score (nSPS) is 28.9. The molecule has 2 saturated carbocycles. The zero-order chi connectivity index (χ0) is 21.1. The number of carbonyl (C=O) groups excluding carboxylic acids is 1. The van der Waals surface area contributed by atoms with Crippen LogP contribution in [0.2, 0.25) is 0 Å². The zero-order valence-electron chi connectivity index (χ0n) is 18.6. The lowest BCUT2D eigenvalue weighted by Crippen LogP contribution is -2.45. The third-order valence-electron chi connectivity index (χ3n) is 7.27. The minimum Gasteiger partial charge on any atom is -0.489 e. The van der Waals surface area contributed by atoms with E-state index in [0.717, 1.165) is 30.2 Å². The lowest BCUT2D eigenvalue weighted by Gasteiger charge is -2.37. The second kappa shape index (κ2) is 9.67. The summed E-state index contributed by atoms with van der Waals surface area (Å²) in [7, 11) is 3.37. The molecule has 1 aliphatic heterocycles. The second-order valence-corrected chi connectivity index (χ2v) is 8.96. The van der Waals surface area contributed by atoms with Gasteiger partial charge in [0, 0.05) is 25.3 Å². The summed E-state index contributed by atoms with van der Waals surface area (Å²) in [6.45, 7) is 4.99. The molecule has 2 aliphatic carbocycles. The molecule has 0 N–H and O–H groups in total. The largest absolute Gasteiger partial charge is 0.489 e. The van der Waals surface area contributed by atoms with Crippen LogP contribution in [-0.4, -0.2) is 61.4 Å². The lowest BCUT2D eigenvalue weighted by atomic mass is 9.86. The van der Waals surface area contributed by atoms with Crippen LogP contribution >= 0.6 is 0 Å². The lowest BCUT2D eigenvalue weighted by molar-refractivity contribution is -0.0957. The van der Waals surface area contributed by atoms with Crippen molar-refractivity contribution in [2.75, 3.05) is 27.3 Å². The first kappa shape index (κ1) is 21.6. The Labute approximate surface area is 180 Å². The third kappa shape index (κ3) is 4.51. The number of benzene rings is 1. The number of hydroxylamine groups is 2. The maximum atomic E-state index is 12.2. The minimum absolute atomic E-state index is 0.0712. The minimum atomic E-state index is -0.0712. The Morgan fingerprint density at radius 1 is 1.10 bits per heavy atom. The number of likely N-dealkylation sites (N-methyl/N-ethyl adjacent to an activating group) is 1. The van der Waals surface area contributed by atoms with Gasteiger partial charge in [-0.15, -0.1) is 0 Å². The van der Waals surface area contributed by atoms with Crippen molar-refractivity contribution in [2.45, 2.75) is 76.7 Å². The van der Waals surface area contributed by atoms with Crippen molar-refractivity contribution in [1.82, 2.24) is 9.96 Å². The van der Waals surface area contributed by atoms with Gasteiger partial charge >= 0.3 is 0 Å². The highest BCUT2D eigenvalue weighted by Gasteiger charge is 2.35. The van der Waals surface area contributed by atoms with Crippen LogP contribution in [0.4, 0.5) is 0 Å². The molecule has 1 heterocycles. The molecule has 4 rings (SSSR count). The molecular formula is C24H36N2O4. The first-order valence-corrected chi connectivity index (χ1v) is 11.5. The SMILES string of the molecule is CCN(C[C@H]1CC[C@H](OC)CC1)[C@H]1CCC[C@@H]1Oc1ccc2c(c1)CN(OC)C2=O. The molecule has 30 heavy (non-hydrogen) atoms. The molecule has 1 aromatic rings. The fourth-order valence-corrected chi connectivity index (χ4v) is 5.51. The number of carbonyl (C=O) groups is 1. The smallest absolute Gasteiger partial charge is 0.278 e. The van der Waals surface area contributed by atoms with Crippen LogP contribution in [0.1, 0.15) is 67.8 Å². The van der Waals surface area contributed by atoms with E-state index in [2.05, 4.69) is 11.8 Å². The average Bonchev–Trinajstić information content (AvgIpc) is 3.36. The summed E-state index contributed by atoms with van der Waals surface area (Å²) in [5.41, 5.74) is 1.70. The van der Waals surface area contributed by atoms with Crippen molar-refractivity contribution in [3.8, 4) is 5.75 Å². The molecular weight excluding hydrogens is 380 g/mol. The molecule has 2 fully saturated rings. The molecule has 3 aliphatic rings. The molecule has 0 saturated heterocycles. The summed E-state index contributed by atoms with van der Waals surface area (Å²) in [5.74, 6) is 1.56. The van der Waals surface area contributed by atoms with E-state index < -0.39 is 0 Å². The van der Waals surface area contributed by atoms with Crippen LogP contribution in [0, 0.1) is 5.92 Å². The summed E-state index contributed by atoms with van der Waals surface area (Å²) < 4.78 is 12.0. The van der Waals surface area contributed by atoms with Gasteiger partial charge in [0.25, 0.3) is 5.91 Å². The monoisotopic (exact) mass is 416 g/mol. The zero-order valence-corrected chi connectivity index (χ0v) is 18.6. The maximum Gasteiger partial charge on any atom is 0.278 e. The van der Waals surface area contributed by atoms with Crippen molar-refractivity contribution < 1.29 is 19.1 Å². The van der Waals surface area contributed by atoms with Crippen molar-refractivity contribution in [2.24, 2.45) is 5.92 Å². The summed E-state index contributed by atoms with van der Waals surface area (Å²) in [6, 6.07) is 6.31. The van der Waals surface area contributed by atoms with Crippen molar-refractivity contribution in [3.05, 3.63) is 29.3 Å².